The summed E-state index contributed by atoms with van der Waals surface area (Å²) in [5.74, 6) is 0.836. The molecule has 2 N–H and O–H groups in total. The van der Waals surface area contributed by atoms with Crippen molar-refractivity contribution in [1.29, 1.82) is 0 Å². The van der Waals surface area contributed by atoms with Crippen LogP contribution in [0, 0.1) is 20.8 Å². The lowest BCUT2D eigenvalue weighted by atomic mass is 10.3. The summed E-state index contributed by atoms with van der Waals surface area (Å²) in [5.41, 5.74) is 8.42. The maximum Gasteiger partial charge on any atom is 0.262 e. The minimum Gasteiger partial charge on any atom is -0.436 e. The van der Waals surface area contributed by atoms with Gasteiger partial charge in [-0.25, -0.2) is 9.97 Å². The molecule has 2 aromatic rings. The number of hydrogen-bond donors (Lipinski definition) is 1. The van der Waals surface area contributed by atoms with Gasteiger partial charge in [0, 0.05) is 11.9 Å². The van der Waals surface area contributed by atoms with Crippen molar-refractivity contribution >= 4 is 17.4 Å². The Hall–Kier alpha value is -1.49. The van der Waals surface area contributed by atoms with Crippen LogP contribution >= 0.6 is 11.8 Å². The van der Waals surface area contributed by atoms with Crippen LogP contribution in [0.2, 0.25) is 0 Å². The lowest BCUT2D eigenvalue weighted by molar-refractivity contribution is 0.431. The van der Waals surface area contributed by atoms with E-state index in [1.807, 2.05) is 26.8 Å². The molecule has 0 spiro atoms. The minimum absolute atomic E-state index is 0.603. The molecular weight excluding hydrogens is 222 g/mol. The van der Waals surface area contributed by atoms with Gasteiger partial charge in [0.25, 0.3) is 5.22 Å². The number of nitrogen functional groups attached to an aromatic ring is 1. The number of nitrogens with zero attached hydrogens (tertiary/aromatic N) is 2. The molecule has 5 heteroatoms. The molecule has 16 heavy (non-hydrogen) atoms. The normalized spacial score (nSPS) is 10.7. The van der Waals surface area contributed by atoms with Crippen molar-refractivity contribution in [3.63, 3.8) is 0 Å². The fourth-order valence-corrected chi connectivity index (χ4v) is 1.97. The maximum atomic E-state index is 5.81. The Morgan fingerprint density at radius 1 is 1.31 bits per heavy atom. The summed E-state index contributed by atoms with van der Waals surface area (Å²) in [6.45, 7) is 5.74. The van der Waals surface area contributed by atoms with Gasteiger partial charge in [-0.05, 0) is 44.2 Å². The van der Waals surface area contributed by atoms with E-state index in [9.17, 15) is 0 Å². The molecule has 0 bridgehead atoms. The molecule has 0 amide bonds. The predicted octanol–water partition coefficient (Wildman–Crippen LogP) is 2.73. The third-order valence-electron chi connectivity index (χ3n) is 2.32. The molecule has 4 nitrogen and oxygen atoms in total. The van der Waals surface area contributed by atoms with E-state index in [0.29, 0.717) is 5.22 Å². The Labute approximate surface area is 98.3 Å². The van der Waals surface area contributed by atoms with Gasteiger partial charge < -0.3 is 10.2 Å². The summed E-state index contributed by atoms with van der Waals surface area (Å²) in [5, 5.41) is 1.40. The van der Waals surface area contributed by atoms with E-state index < -0.39 is 0 Å². The second kappa shape index (κ2) is 4.17. The van der Waals surface area contributed by atoms with Crippen molar-refractivity contribution in [2.75, 3.05) is 5.73 Å². The van der Waals surface area contributed by atoms with Gasteiger partial charge in [-0.1, -0.05) is 0 Å². The highest BCUT2D eigenvalue weighted by atomic mass is 32.2. The van der Waals surface area contributed by atoms with E-state index in [1.165, 1.54) is 11.8 Å². The van der Waals surface area contributed by atoms with Crippen LogP contribution in [0.3, 0.4) is 0 Å². The van der Waals surface area contributed by atoms with E-state index in [2.05, 4.69) is 9.97 Å². The van der Waals surface area contributed by atoms with Gasteiger partial charge in [0.15, 0.2) is 0 Å². The van der Waals surface area contributed by atoms with E-state index >= 15 is 0 Å². The van der Waals surface area contributed by atoms with Crippen LogP contribution in [0.4, 0.5) is 5.69 Å². The molecule has 2 heterocycles. The van der Waals surface area contributed by atoms with Gasteiger partial charge in [0.05, 0.1) is 5.69 Å². The molecule has 0 unspecified atom stereocenters. The average Bonchev–Trinajstić information content (AvgIpc) is 2.52. The highest BCUT2D eigenvalue weighted by Crippen LogP contribution is 2.28. The molecular formula is C11H13N3OS. The molecule has 2 aromatic heterocycles. The molecule has 0 aliphatic carbocycles. The van der Waals surface area contributed by atoms with Crippen LogP contribution in [0.25, 0.3) is 0 Å². The van der Waals surface area contributed by atoms with Crippen LogP contribution in [0.15, 0.2) is 26.9 Å². The molecule has 0 aliphatic heterocycles. The summed E-state index contributed by atoms with van der Waals surface area (Å²) >= 11 is 1.38. The highest BCUT2D eigenvalue weighted by molar-refractivity contribution is 7.99. The Morgan fingerprint density at radius 3 is 2.62 bits per heavy atom. The summed E-state index contributed by atoms with van der Waals surface area (Å²) in [6, 6.07) is 1.83. The summed E-state index contributed by atoms with van der Waals surface area (Å²) in [7, 11) is 0. The number of aryl methyl sites for hydroxylation is 3. The zero-order chi connectivity index (χ0) is 11.7. The van der Waals surface area contributed by atoms with Gasteiger partial charge in [0.2, 0.25) is 0 Å². The first-order valence-corrected chi connectivity index (χ1v) is 5.72. The predicted molar refractivity (Wildman–Crippen MR) is 63.5 cm³/mol. The zero-order valence-electron chi connectivity index (χ0n) is 9.44. The van der Waals surface area contributed by atoms with Gasteiger partial charge in [0.1, 0.15) is 10.8 Å². The quantitative estimate of drug-likeness (QED) is 0.867. The lowest BCUT2D eigenvalue weighted by Crippen LogP contribution is -1.91. The number of anilines is 1. The van der Waals surface area contributed by atoms with Gasteiger partial charge >= 0.3 is 0 Å². The number of hydrogen-bond acceptors (Lipinski definition) is 5. The third kappa shape index (κ3) is 2.19. The Morgan fingerprint density at radius 2 is 2.06 bits per heavy atom. The van der Waals surface area contributed by atoms with Crippen LogP contribution in [0.5, 0.6) is 0 Å². The van der Waals surface area contributed by atoms with Gasteiger partial charge in [-0.3, -0.25) is 0 Å². The zero-order valence-corrected chi connectivity index (χ0v) is 10.3. The van der Waals surface area contributed by atoms with E-state index in [0.717, 1.165) is 27.7 Å². The number of oxazole rings is 1. The van der Waals surface area contributed by atoms with Crippen LogP contribution < -0.4 is 5.73 Å². The van der Waals surface area contributed by atoms with Crippen molar-refractivity contribution in [2.45, 2.75) is 31.0 Å². The third-order valence-corrected chi connectivity index (χ3v) is 3.10. The molecule has 0 saturated carbocycles. The van der Waals surface area contributed by atoms with E-state index in [-0.39, 0.29) is 0 Å². The summed E-state index contributed by atoms with van der Waals surface area (Å²) in [6.07, 6.45) is 1.75. The number of rotatable bonds is 2. The van der Waals surface area contributed by atoms with Crippen LogP contribution in [-0.4, -0.2) is 9.97 Å². The highest BCUT2D eigenvalue weighted by Gasteiger charge is 2.08. The first kappa shape index (κ1) is 11.0. The number of nitrogens with two attached hydrogens (primary N) is 1. The first-order valence-electron chi connectivity index (χ1n) is 4.90. The minimum atomic E-state index is 0.603. The first-order chi connectivity index (χ1) is 7.56. The van der Waals surface area contributed by atoms with Crippen molar-refractivity contribution in [2.24, 2.45) is 0 Å². The molecule has 0 atom stereocenters. The number of pyridine rings is 1. The standard InChI is InChI=1S/C11H13N3OS/c1-6-5-13-10(4-9(6)12)16-11-14-7(2)8(3)15-11/h4-5H,1-3H3,(H2,12,13). The van der Waals surface area contributed by atoms with Crippen molar-refractivity contribution in [3.8, 4) is 0 Å². The van der Waals surface area contributed by atoms with E-state index in [4.69, 9.17) is 10.2 Å². The summed E-state index contributed by atoms with van der Waals surface area (Å²) in [4.78, 5) is 8.53. The smallest absolute Gasteiger partial charge is 0.262 e. The van der Waals surface area contributed by atoms with Crippen molar-refractivity contribution < 1.29 is 4.42 Å². The molecule has 2 rings (SSSR count). The molecule has 84 valence electrons. The van der Waals surface area contributed by atoms with Crippen molar-refractivity contribution in [1.82, 2.24) is 9.97 Å². The molecule has 0 radical (unpaired) electrons. The topological polar surface area (TPSA) is 64.9 Å². The molecule has 0 aliphatic rings. The van der Waals surface area contributed by atoms with Crippen LogP contribution in [0.1, 0.15) is 17.0 Å². The lowest BCUT2D eigenvalue weighted by Gasteiger charge is -2.00. The monoisotopic (exact) mass is 235 g/mol. The number of aromatic nitrogens is 2. The molecule has 0 fully saturated rings. The van der Waals surface area contributed by atoms with E-state index in [1.54, 1.807) is 6.20 Å². The summed E-state index contributed by atoms with van der Waals surface area (Å²) < 4.78 is 5.46. The van der Waals surface area contributed by atoms with Gasteiger partial charge in [-0.2, -0.15) is 0 Å². The maximum absolute atomic E-state index is 5.81. The van der Waals surface area contributed by atoms with Gasteiger partial charge in [-0.15, -0.1) is 0 Å². The Balaban J connectivity index is 2.23. The average molecular weight is 235 g/mol. The fourth-order valence-electron chi connectivity index (χ4n) is 1.15. The Bertz CT molecular complexity index is 502. The van der Waals surface area contributed by atoms with Crippen molar-refractivity contribution in [3.05, 3.63) is 29.3 Å². The second-order valence-corrected chi connectivity index (χ2v) is 4.57. The second-order valence-electron chi connectivity index (χ2n) is 3.60. The Kier molecular flexibility index (Phi) is 2.87. The largest absolute Gasteiger partial charge is 0.436 e. The fraction of sp³-hybridized carbons (Fsp3) is 0.273. The molecule has 0 aromatic carbocycles. The SMILES string of the molecule is Cc1cnc(Sc2nc(C)c(C)o2)cc1N. The molecule has 0 saturated heterocycles. The van der Waals surface area contributed by atoms with Crippen LogP contribution in [-0.2, 0) is 0 Å².